The van der Waals surface area contributed by atoms with E-state index in [4.69, 9.17) is 23.2 Å². The van der Waals surface area contributed by atoms with Crippen LogP contribution in [0.15, 0.2) is 18.2 Å². The predicted molar refractivity (Wildman–Crippen MR) is 81.4 cm³/mol. The lowest BCUT2D eigenvalue weighted by atomic mass is 10.1. The number of hydrogen-bond acceptors (Lipinski definition) is 2. The fourth-order valence-corrected chi connectivity index (χ4v) is 3.45. The third-order valence-corrected chi connectivity index (χ3v) is 5.11. The van der Waals surface area contributed by atoms with Crippen molar-refractivity contribution >= 4 is 29.1 Å². The van der Waals surface area contributed by atoms with Crippen molar-refractivity contribution in [2.45, 2.75) is 25.3 Å². The first-order valence-corrected chi connectivity index (χ1v) is 7.80. The van der Waals surface area contributed by atoms with E-state index in [1.54, 1.807) is 6.07 Å². The molecule has 20 heavy (non-hydrogen) atoms. The molecule has 3 nitrogen and oxygen atoms in total. The highest BCUT2D eigenvalue weighted by Gasteiger charge is 2.47. The van der Waals surface area contributed by atoms with Gasteiger partial charge in [0.2, 0.25) is 5.91 Å². The lowest BCUT2D eigenvalue weighted by Crippen LogP contribution is -2.52. The maximum Gasteiger partial charge on any atom is 0.226 e. The molecule has 1 saturated carbocycles. The average Bonchev–Trinajstić information content (AvgIpc) is 3.22. The van der Waals surface area contributed by atoms with Gasteiger partial charge in [-0.15, -0.1) is 0 Å². The zero-order valence-corrected chi connectivity index (χ0v) is 12.9. The Kier molecular flexibility index (Phi) is 3.93. The molecular weight excluding hydrogens is 295 g/mol. The van der Waals surface area contributed by atoms with Gasteiger partial charge in [0, 0.05) is 31.6 Å². The highest BCUT2D eigenvalue weighted by atomic mass is 35.5. The molecule has 3 atom stereocenters. The van der Waals surface area contributed by atoms with Crippen LogP contribution >= 0.6 is 23.2 Å². The van der Waals surface area contributed by atoms with E-state index in [-0.39, 0.29) is 23.8 Å². The number of hydrogen-bond donors (Lipinski definition) is 1. The van der Waals surface area contributed by atoms with Crippen molar-refractivity contribution in [3.63, 3.8) is 0 Å². The molecule has 1 aliphatic heterocycles. The molecule has 1 heterocycles. The maximum atomic E-state index is 12.6. The van der Waals surface area contributed by atoms with Crippen LogP contribution in [0, 0.1) is 5.92 Å². The Hall–Kier alpha value is -0.770. The lowest BCUT2D eigenvalue weighted by molar-refractivity contribution is -0.135. The van der Waals surface area contributed by atoms with Gasteiger partial charge in [0.15, 0.2) is 0 Å². The molecule has 5 heteroatoms. The predicted octanol–water partition coefficient (Wildman–Crippen LogP) is 2.92. The Morgan fingerprint density at radius 1 is 1.40 bits per heavy atom. The smallest absolute Gasteiger partial charge is 0.226 e. The Balaban J connectivity index is 1.72. The van der Waals surface area contributed by atoms with E-state index in [9.17, 15) is 4.79 Å². The molecule has 0 radical (unpaired) electrons. The monoisotopic (exact) mass is 312 g/mol. The molecule has 0 aromatic heterocycles. The minimum atomic E-state index is 0.0755. The second-order valence-electron chi connectivity index (χ2n) is 5.68. The Morgan fingerprint density at radius 2 is 2.20 bits per heavy atom. The van der Waals surface area contributed by atoms with Crippen molar-refractivity contribution in [3.05, 3.63) is 33.8 Å². The van der Waals surface area contributed by atoms with Crippen LogP contribution in [0.1, 0.15) is 24.8 Å². The van der Waals surface area contributed by atoms with E-state index in [2.05, 4.69) is 12.2 Å². The molecule has 2 unspecified atom stereocenters. The Morgan fingerprint density at radius 3 is 2.95 bits per heavy atom. The summed E-state index contributed by atoms with van der Waals surface area (Å²) in [6.07, 6.45) is 0.884. The minimum absolute atomic E-state index is 0.0755. The molecule has 3 rings (SSSR count). The van der Waals surface area contributed by atoms with Crippen LogP contribution in [0.25, 0.3) is 0 Å². The molecular formula is C15H18Cl2N2O. The number of amides is 1. The number of halogens is 2. The third-order valence-electron chi connectivity index (χ3n) is 4.27. The molecule has 1 amide bonds. The fraction of sp³-hybridized carbons (Fsp3) is 0.533. The second-order valence-corrected chi connectivity index (χ2v) is 6.46. The number of carbonyl (C=O) groups excluding carboxylic acids is 1. The number of benzene rings is 1. The van der Waals surface area contributed by atoms with Crippen LogP contribution in [0.5, 0.6) is 0 Å². The molecule has 0 bridgehead atoms. The third kappa shape index (κ3) is 2.54. The summed E-state index contributed by atoms with van der Waals surface area (Å²) in [5, 5.41) is 4.47. The van der Waals surface area contributed by atoms with Crippen LogP contribution in [-0.2, 0) is 4.79 Å². The van der Waals surface area contributed by atoms with Gasteiger partial charge in [0.05, 0.1) is 10.0 Å². The summed E-state index contributed by atoms with van der Waals surface area (Å²) < 4.78 is 0. The standard InChI is InChI=1S/C15H18Cl2N2O/c1-9-8-18-5-6-19(9)15(20)12-7-11(12)10-3-2-4-13(16)14(10)17/h2-4,9,11-12,18H,5-8H2,1H3/t9-,11?,12?/m1/s1. The number of nitrogens with zero attached hydrogens (tertiary/aromatic N) is 1. The van der Waals surface area contributed by atoms with Crippen LogP contribution in [-0.4, -0.2) is 36.5 Å². The van der Waals surface area contributed by atoms with Crippen molar-refractivity contribution in [3.8, 4) is 0 Å². The van der Waals surface area contributed by atoms with Gasteiger partial charge in [0.25, 0.3) is 0 Å². The van der Waals surface area contributed by atoms with Crippen LogP contribution in [0.3, 0.4) is 0 Å². The summed E-state index contributed by atoms with van der Waals surface area (Å²) >= 11 is 12.3. The van der Waals surface area contributed by atoms with Crippen molar-refractivity contribution in [1.29, 1.82) is 0 Å². The normalized spacial score (nSPS) is 29.4. The molecule has 1 saturated heterocycles. The van der Waals surface area contributed by atoms with Gasteiger partial charge in [-0.25, -0.2) is 0 Å². The summed E-state index contributed by atoms with van der Waals surface area (Å²) in [7, 11) is 0. The van der Waals surface area contributed by atoms with Gasteiger partial charge in [-0.05, 0) is 30.9 Å². The van der Waals surface area contributed by atoms with Crippen molar-refractivity contribution in [1.82, 2.24) is 10.2 Å². The van der Waals surface area contributed by atoms with E-state index >= 15 is 0 Å². The van der Waals surface area contributed by atoms with E-state index in [0.717, 1.165) is 31.6 Å². The van der Waals surface area contributed by atoms with Gasteiger partial charge in [-0.2, -0.15) is 0 Å². The lowest BCUT2D eigenvalue weighted by Gasteiger charge is -2.34. The summed E-state index contributed by atoms with van der Waals surface area (Å²) in [6.45, 7) is 4.65. The van der Waals surface area contributed by atoms with Gasteiger partial charge < -0.3 is 10.2 Å². The van der Waals surface area contributed by atoms with Crippen molar-refractivity contribution < 1.29 is 4.79 Å². The van der Waals surface area contributed by atoms with E-state index < -0.39 is 0 Å². The minimum Gasteiger partial charge on any atom is -0.337 e. The van der Waals surface area contributed by atoms with Gasteiger partial charge in [-0.1, -0.05) is 35.3 Å². The van der Waals surface area contributed by atoms with Crippen molar-refractivity contribution in [2.24, 2.45) is 5.92 Å². The summed E-state index contributed by atoms with van der Waals surface area (Å²) in [4.78, 5) is 14.6. The quantitative estimate of drug-likeness (QED) is 0.910. The molecule has 0 spiro atoms. The molecule has 1 N–H and O–H groups in total. The fourth-order valence-electron chi connectivity index (χ4n) is 3.00. The highest BCUT2D eigenvalue weighted by molar-refractivity contribution is 6.42. The van der Waals surface area contributed by atoms with Crippen molar-refractivity contribution in [2.75, 3.05) is 19.6 Å². The topological polar surface area (TPSA) is 32.3 Å². The first-order chi connectivity index (χ1) is 9.59. The number of rotatable bonds is 2. The Labute approximate surface area is 129 Å². The molecule has 1 aliphatic carbocycles. The zero-order valence-electron chi connectivity index (χ0n) is 11.4. The molecule has 2 aliphatic rings. The highest BCUT2D eigenvalue weighted by Crippen LogP contribution is 2.51. The van der Waals surface area contributed by atoms with Crippen LogP contribution in [0.4, 0.5) is 0 Å². The van der Waals surface area contributed by atoms with Gasteiger partial charge in [0.1, 0.15) is 0 Å². The molecule has 1 aromatic carbocycles. The second kappa shape index (κ2) is 5.55. The summed E-state index contributed by atoms with van der Waals surface area (Å²) in [5.41, 5.74) is 1.01. The average molecular weight is 313 g/mol. The first-order valence-electron chi connectivity index (χ1n) is 7.04. The number of piperazine rings is 1. The molecule has 1 aromatic rings. The maximum absolute atomic E-state index is 12.6. The number of nitrogens with one attached hydrogen (secondary N) is 1. The first kappa shape index (κ1) is 14.2. The molecule has 108 valence electrons. The molecule has 2 fully saturated rings. The SMILES string of the molecule is C[C@@H]1CNCCN1C(=O)C1CC1c1cccc(Cl)c1Cl. The largest absolute Gasteiger partial charge is 0.337 e. The van der Waals surface area contributed by atoms with Crippen LogP contribution < -0.4 is 5.32 Å². The summed E-state index contributed by atoms with van der Waals surface area (Å²) in [5.74, 6) is 0.572. The van der Waals surface area contributed by atoms with Gasteiger partial charge in [-0.3, -0.25) is 4.79 Å². The number of carbonyl (C=O) groups is 1. The van der Waals surface area contributed by atoms with E-state index in [1.807, 2.05) is 17.0 Å². The zero-order chi connectivity index (χ0) is 14.3. The van der Waals surface area contributed by atoms with Crippen LogP contribution in [0.2, 0.25) is 10.0 Å². The van der Waals surface area contributed by atoms with E-state index in [0.29, 0.717) is 10.0 Å². The Bertz CT molecular complexity index is 535. The van der Waals surface area contributed by atoms with Gasteiger partial charge >= 0.3 is 0 Å². The van der Waals surface area contributed by atoms with E-state index in [1.165, 1.54) is 0 Å². The summed E-state index contributed by atoms with van der Waals surface area (Å²) in [6, 6.07) is 5.93.